The van der Waals surface area contributed by atoms with E-state index in [-0.39, 0.29) is 11.7 Å². The minimum atomic E-state index is -3.70. The Kier molecular flexibility index (Phi) is 4.52. The highest BCUT2D eigenvalue weighted by molar-refractivity contribution is 7.89. The van der Waals surface area contributed by atoms with Gasteiger partial charge in [-0.1, -0.05) is 13.8 Å². The zero-order chi connectivity index (χ0) is 10.6. The molecule has 0 saturated heterocycles. The van der Waals surface area contributed by atoms with E-state index in [0.717, 1.165) is 0 Å². The molecule has 78 valence electrons. The van der Waals surface area contributed by atoms with E-state index in [9.17, 15) is 13.2 Å². The highest BCUT2D eigenvalue weighted by Gasteiger charge is 2.23. The Morgan fingerprint density at radius 2 is 1.92 bits per heavy atom. The Hall–Kier alpha value is -0.460. The summed E-state index contributed by atoms with van der Waals surface area (Å²) < 4.78 is 21.2. The van der Waals surface area contributed by atoms with E-state index >= 15 is 0 Å². The molecule has 0 spiro atoms. The van der Waals surface area contributed by atoms with Crippen LogP contribution in [0.4, 0.5) is 0 Å². The predicted molar refractivity (Wildman–Crippen MR) is 50.7 cm³/mol. The van der Waals surface area contributed by atoms with Crippen molar-refractivity contribution in [1.29, 1.82) is 0 Å². The Balaban J connectivity index is 4.41. The van der Waals surface area contributed by atoms with Gasteiger partial charge in [-0.2, -0.15) is 0 Å². The fourth-order valence-corrected chi connectivity index (χ4v) is 1.73. The number of nitrogens with one attached hydrogen (secondary N) is 1. The third-order valence-electron chi connectivity index (χ3n) is 1.67. The quantitative estimate of drug-likeness (QED) is 0.612. The number of likely N-dealkylation sites (N-methyl/N-ethyl adjacent to an activating group) is 1. The number of carbonyl (C=O) groups is 1. The first-order chi connectivity index (χ1) is 5.78. The summed E-state index contributed by atoms with van der Waals surface area (Å²) in [6.45, 7) is 3.67. The van der Waals surface area contributed by atoms with Crippen LogP contribution < -0.4 is 10.5 Å². The van der Waals surface area contributed by atoms with Crippen LogP contribution in [0.3, 0.4) is 0 Å². The third-order valence-corrected chi connectivity index (χ3v) is 2.35. The number of carbonyl (C=O) groups excluding carboxylic acids is 1. The average Bonchev–Trinajstić information content (AvgIpc) is 1.82. The second-order valence-corrected chi connectivity index (χ2v) is 4.90. The fraction of sp³-hybridized carbons (Fsp3) is 0.857. The summed E-state index contributed by atoms with van der Waals surface area (Å²) in [5.41, 5.74) is 0. The van der Waals surface area contributed by atoms with E-state index in [2.05, 4.69) is 5.32 Å². The van der Waals surface area contributed by atoms with E-state index in [1.165, 1.54) is 0 Å². The monoisotopic (exact) mass is 208 g/mol. The van der Waals surface area contributed by atoms with E-state index in [1.54, 1.807) is 7.05 Å². The Bertz CT molecular complexity index is 271. The second kappa shape index (κ2) is 4.69. The Labute approximate surface area is 78.7 Å². The van der Waals surface area contributed by atoms with E-state index < -0.39 is 21.8 Å². The van der Waals surface area contributed by atoms with Gasteiger partial charge in [-0.15, -0.1) is 0 Å². The molecule has 0 bridgehead atoms. The molecule has 0 unspecified atom stereocenters. The summed E-state index contributed by atoms with van der Waals surface area (Å²) >= 11 is 0. The number of Topliss-reactive ketones (excluding diaryl/α,β-unsaturated/α-hetero) is 1. The molecule has 0 rings (SSSR count). The number of hydrogen-bond donors (Lipinski definition) is 2. The molecule has 6 heteroatoms. The summed E-state index contributed by atoms with van der Waals surface area (Å²) in [4.78, 5) is 11.3. The van der Waals surface area contributed by atoms with Crippen LogP contribution in [0.2, 0.25) is 0 Å². The van der Waals surface area contributed by atoms with Gasteiger partial charge in [-0.25, -0.2) is 13.6 Å². The Morgan fingerprint density at radius 1 is 1.46 bits per heavy atom. The molecule has 0 saturated carbocycles. The molecule has 0 aromatic rings. The lowest BCUT2D eigenvalue weighted by Gasteiger charge is -2.17. The van der Waals surface area contributed by atoms with Crippen LogP contribution in [0.15, 0.2) is 0 Å². The van der Waals surface area contributed by atoms with Crippen LogP contribution in [-0.2, 0) is 14.8 Å². The third kappa shape index (κ3) is 4.97. The summed E-state index contributed by atoms with van der Waals surface area (Å²) in [5, 5.41) is 7.51. The molecule has 0 fully saturated rings. The van der Waals surface area contributed by atoms with Gasteiger partial charge in [0.1, 0.15) is 5.75 Å². The average molecular weight is 208 g/mol. The van der Waals surface area contributed by atoms with Gasteiger partial charge in [0.2, 0.25) is 10.0 Å². The largest absolute Gasteiger partial charge is 0.310 e. The molecule has 0 radical (unpaired) electrons. The fourth-order valence-electron chi connectivity index (χ4n) is 1.15. The maximum Gasteiger partial charge on any atom is 0.216 e. The minimum Gasteiger partial charge on any atom is -0.310 e. The van der Waals surface area contributed by atoms with Crippen molar-refractivity contribution in [2.24, 2.45) is 11.1 Å². The van der Waals surface area contributed by atoms with Crippen molar-refractivity contribution >= 4 is 15.8 Å². The van der Waals surface area contributed by atoms with Crippen molar-refractivity contribution in [3.8, 4) is 0 Å². The number of nitrogens with two attached hydrogens (primary N) is 1. The molecule has 0 amide bonds. The molecule has 0 aromatic carbocycles. The maximum atomic E-state index is 11.3. The summed E-state index contributed by atoms with van der Waals surface area (Å²) in [6.07, 6.45) is 0. The summed E-state index contributed by atoms with van der Waals surface area (Å²) in [7, 11) is -2.08. The van der Waals surface area contributed by atoms with Crippen molar-refractivity contribution in [2.75, 3.05) is 12.8 Å². The van der Waals surface area contributed by atoms with Gasteiger partial charge in [-0.3, -0.25) is 4.79 Å². The smallest absolute Gasteiger partial charge is 0.216 e. The molecule has 13 heavy (non-hydrogen) atoms. The van der Waals surface area contributed by atoms with Crippen molar-refractivity contribution < 1.29 is 13.2 Å². The lowest BCUT2D eigenvalue weighted by atomic mass is 10.0. The lowest BCUT2D eigenvalue weighted by Crippen LogP contribution is -2.42. The molecule has 0 aliphatic heterocycles. The molecule has 3 N–H and O–H groups in total. The maximum absolute atomic E-state index is 11.3. The van der Waals surface area contributed by atoms with Gasteiger partial charge in [0.15, 0.2) is 5.78 Å². The first-order valence-corrected chi connectivity index (χ1v) is 5.70. The first-order valence-electron chi connectivity index (χ1n) is 3.98. The van der Waals surface area contributed by atoms with Crippen LogP contribution in [0.25, 0.3) is 0 Å². The Morgan fingerprint density at radius 3 is 2.15 bits per heavy atom. The molecule has 0 heterocycles. The highest BCUT2D eigenvalue weighted by Crippen LogP contribution is 2.02. The summed E-state index contributed by atoms with van der Waals surface area (Å²) in [5.74, 6) is -0.935. The number of sulfonamides is 1. The molecular weight excluding hydrogens is 192 g/mol. The van der Waals surface area contributed by atoms with Gasteiger partial charge >= 0.3 is 0 Å². The van der Waals surface area contributed by atoms with Crippen LogP contribution in [-0.4, -0.2) is 33.0 Å². The van der Waals surface area contributed by atoms with Crippen molar-refractivity contribution in [1.82, 2.24) is 5.32 Å². The summed E-state index contributed by atoms with van der Waals surface area (Å²) in [6, 6.07) is -0.446. The molecule has 0 aromatic heterocycles. The van der Waals surface area contributed by atoms with Gasteiger partial charge in [-0.05, 0) is 13.0 Å². The zero-order valence-corrected chi connectivity index (χ0v) is 8.89. The predicted octanol–water partition coefficient (Wildman–Crippen LogP) is -0.912. The van der Waals surface area contributed by atoms with Crippen LogP contribution >= 0.6 is 0 Å². The number of ketones is 1. The molecule has 1 atom stereocenters. The van der Waals surface area contributed by atoms with Crippen molar-refractivity contribution in [2.45, 2.75) is 19.9 Å². The van der Waals surface area contributed by atoms with Gasteiger partial charge < -0.3 is 5.32 Å². The van der Waals surface area contributed by atoms with Crippen LogP contribution in [0.1, 0.15) is 13.8 Å². The SMILES string of the molecule is CN[C@H](C(=O)CS(N)(=O)=O)C(C)C. The second-order valence-electron chi connectivity index (χ2n) is 3.28. The van der Waals surface area contributed by atoms with Crippen molar-refractivity contribution in [3.05, 3.63) is 0 Å². The normalized spacial score (nSPS) is 14.5. The van der Waals surface area contributed by atoms with Gasteiger partial charge in [0.25, 0.3) is 0 Å². The molecule has 0 aliphatic rings. The topological polar surface area (TPSA) is 89.3 Å². The zero-order valence-electron chi connectivity index (χ0n) is 8.07. The van der Waals surface area contributed by atoms with E-state index in [4.69, 9.17) is 5.14 Å². The van der Waals surface area contributed by atoms with E-state index in [1.807, 2.05) is 13.8 Å². The number of primary sulfonamides is 1. The van der Waals surface area contributed by atoms with Gasteiger partial charge in [0.05, 0.1) is 6.04 Å². The van der Waals surface area contributed by atoms with Crippen LogP contribution in [0.5, 0.6) is 0 Å². The number of rotatable bonds is 5. The molecule has 5 nitrogen and oxygen atoms in total. The lowest BCUT2D eigenvalue weighted by molar-refractivity contribution is -0.119. The number of hydrogen-bond acceptors (Lipinski definition) is 4. The van der Waals surface area contributed by atoms with E-state index in [0.29, 0.717) is 0 Å². The minimum absolute atomic E-state index is 0.0549. The first kappa shape index (κ1) is 12.5. The standard InChI is InChI=1S/C7H16N2O3S/c1-5(2)7(9-3)6(10)4-13(8,11)12/h5,7,9H,4H2,1-3H3,(H2,8,11,12)/t7-/m0/s1. The van der Waals surface area contributed by atoms with Gasteiger partial charge in [0, 0.05) is 0 Å². The van der Waals surface area contributed by atoms with Crippen LogP contribution in [0, 0.1) is 5.92 Å². The highest BCUT2D eigenvalue weighted by atomic mass is 32.2. The molecular formula is C7H16N2O3S. The van der Waals surface area contributed by atoms with Crippen molar-refractivity contribution in [3.63, 3.8) is 0 Å². The molecule has 0 aliphatic carbocycles.